The van der Waals surface area contributed by atoms with Crippen molar-refractivity contribution in [3.05, 3.63) is 75.8 Å². The van der Waals surface area contributed by atoms with Crippen LogP contribution in [0.25, 0.3) is 5.69 Å². The molecule has 9 heteroatoms. The molecule has 1 aliphatic carbocycles. The minimum absolute atomic E-state index is 0.0110. The first kappa shape index (κ1) is 23.9. The highest BCUT2D eigenvalue weighted by atomic mass is 16.5. The SMILES string of the molecule is COc1cccc(OC)c1-n1c(COC2CC2)nc(O)c(C(=O)N2CCC(c3ccccc3)C2)c1=O. The fourth-order valence-corrected chi connectivity index (χ4v) is 4.65. The largest absolute Gasteiger partial charge is 0.494 e. The van der Waals surface area contributed by atoms with E-state index in [0.717, 1.165) is 24.8 Å². The lowest BCUT2D eigenvalue weighted by Gasteiger charge is -2.21. The third-order valence-electron chi connectivity index (χ3n) is 6.69. The molecule has 1 atom stereocenters. The van der Waals surface area contributed by atoms with Crippen LogP contribution in [0.3, 0.4) is 0 Å². The molecule has 1 unspecified atom stereocenters. The maximum absolute atomic E-state index is 13.9. The Kier molecular flexibility index (Phi) is 6.65. The summed E-state index contributed by atoms with van der Waals surface area (Å²) in [7, 11) is 2.97. The number of likely N-dealkylation sites (tertiary alicyclic amines) is 1. The lowest BCUT2D eigenvalue weighted by Crippen LogP contribution is -2.37. The summed E-state index contributed by atoms with van der Waals surface area (Å²) in [5.41, 5.74) is 0.352. The Labute approximate surface area is 208 Å². The maximum Gasteiger partial charge on any atom is 0.275 e. The molecule has 1 aromatic heterocycles. The van der Waals surface area contributed by atoms with Crippen LogP contribution in [0.15, 0.2) is 53.3 Å². The molecule has 2 heterocycles. The fourth-order valence-electron chi connectivity index (χ4n) is 4.65. The van der Waals surface area contributed by atoms with E-state index in [2.05, 4.69) is 4.98 Å². The van der Waals surface area contributed by atoms with Gasteiger partial charge in [-0.3, -0.25) is 14.2 Å². The van der Waals surface area contributed by atoms with Crippen molar-refractivity contribution in [2.75, 3.05) is 27.3 Å². The molecule has 0 spiro atoms. The van der Waals surface area contributed by atoms with Crippen molar-refractivity contribution >= 4 is 5.91 Å². The van der Waals surface area contributed by atoms with E-state index in [0.29, 0.717) is 30.3 Å². The van der Waals surface area contributed by atoms with Gasteiger partial charge in [-0.15, -0.1) is 0 Å². The minimum atomic E-state index is -0.701. The summed E-state index contributed by atoms with van der Waals surface area (Å²) in [6.07, 6.45) is 2.73. The first-order valence-corrected chi connectivity index (χ1v) is 12.0. The number of methoxy groups -OCH3 is 2. The van der Waals surface area contributed by atoms with Crippen molar-refractivity contribution < 1.29 is 24.1 Å². The predicted molar refractivity (Wildman–Crippen MR) is 132 cm³/mol. The van der Waals surface area contributed by atoms with Gasteiger partial charge in [-0.1, -0.05) is 36.4 Å². The lowest BCUT2D eigenvalue weighted by atomic mass is 9.99. The second kappa shape index (κ2) is 10.0. The van der Waals surface area contributed by atoms with Crippen LogP contribution in [-0.4, -0.2) is 58.9 Å². The van der Waals surface area contributed by atoms with Crippen LogP contribution in [0.1, 0.15) is 46.9 Å². The standard InChI is InChI=1S/C27H29N3O6/c1-34-20-9-6-10-21(35-2)24(20)30-22(16-36-19-11-12-19)28-25(31)23(27(30)33)26(32)29-14-13-18(15-29)17-7-4-3-5-8-17/h3-10,18-19,31H,11-16H2,1-2H3. The molecular formula is C27H29N3O6. The number of nitrogens with zero attached hydrogens (tertiary/aromatic N) is 3. The van der Waals surface area contributed by atoms with E-state index in [1.165, 1.54) is 18.8 Å². The highest BCUT2D eigenvalue weighted by Gasteiger charge is 2.34. The quantitative estimate of drug-likeness (QED) is 0.516. The molecule has 9 nitrogen and oxygen atoms in total. The van der Waals surface area contributed by atoms with E-state index in [9.17, 15) is 14.7 Å². The fraction of sp³-hybridized carbons (Fsp3) is 0.370. The number of ether oxygens (including phenoxy) is 3. The molecule has 2 fully saturated rings. The predicted octanol–water partition coefficient (Wildman–Crippen LogP) is 3.26. The van der Waals surface area contributed by atoms with E-state index in [1.54, 1.807) is 23.1 Å². The maximum atomic E-state index is 13.9. The van der Waals surface area contributed by atoms with Gasteiger partial charge in [0.05, 0.1) is 20.3 Å². The Bertz CT molecular complexity index is 1300. The van der Waals surface area contributed by atoms with Crippen LogP contribution in [0, 0.1) is 0 Å². The van der Waals surface area contributed by atoms with E-state index < -0.39 is 17.3 Å². The van der Waals surface area contributed by atoms with Gasteiger partial charge in [-0.05, 0) is 37.0 Å². The van der Waals surface area contributed by atoms with Crippen LogP contribution >= 0.6 is 0 Å². The van der Waals surface area contributed by atoms with Crippen LogP contribution < -0.4 is 15.0 Å². The molecule has 1 amide bonds. The molecule has 0 bridgehead atoms. The van der Waals surface area contributed by atoms with E-state index in [4.69, 9.17) is 14.2 Å². The molecule has 0 radical (unpaired) electrons. The second-order valence-corrected chi connectivity index (χ2v) is 9.04. The molecule has 1 aliphatic heterocycles. The molecular weight excluding hydrogens is 462 g/mol. The smallest absolute Gasteiger partial charge is 0.275 e. The molecule has 3 aromatic rings. The van der Waals surface area contributed by atoms with Gasteiger partial charge in [-0.25, -0.2) is 0 Å². The minimum Gasteiger partial charge on any atom is -0.494 e. The van der Waals surface area contributed by atoms with E-state index in [1.807, 2.05) is 30.3 Å². The summed E-state index contributed by atoms with van der Waals surface area (Å²) >= 11 is 0. The number of carbonyl (C=O) groups excluding carboxylic acids is 1. The zero-order valence-corrected chi connectivity index (χ0v) is 20.3. The average molecular weight is 492 g/mol. The number of benzene rings is 2. The summed E-state index contributed by atoms with van der Waals surface area (Å²) in [6.45, 7) is 0.914. The van der Waals surface area contributed by atoms with Gasteiger partial charge in [-0.2, -0.15) is 4.98 Å². The summed E-state index contributed by atoms with van der Waals surface area (Å²) < 4.78 is 18.1. The first-order chi connectivity index (χ1) is 17.5. The molecule has 1 saturated heterocycles. The van der Waals surface area contributed by atoms with Gasteiger partial charge in [0, 0.05) is 19.0 Å². The number of aromatic hydroxyl groups is 1. The van der Waals surface area contributed by atoms with Crippen LogP contribution in [0.2, 0.25) is 0 Å². The Hall–Kier alpha value is -3.85. The normalized spacial score (nSPS) is 17.3. The van der Waals surface area contributed by atoms with Gasteiger partial charge in [0.15, 0.2) is 5.56 Å². The number of rotatable bonds is 8. The highest BCUT2D eigenvalue weighted by Crippen LogP contribution is 2.34. The number of hydrogen-bond acceptors (Lipinski definition) is 7. The zero-order chi connectivity index (χ0) is 25.2. The zero-order valence-electron chi connectivity index (χ0n) is 20.3. The number of para-hydroxylation sites is 1. The molecule has 1 N–H and O–H groups in total. The number of carbonyl (C=O) groups is 1. The molecule has 2 aliphatic rings. The van der Waals surface area contributed by atoms with E-state index in [-0.39, 0.29) is 30.0 Å². The first-order valence-electron chi connectivity index (χ1n) is 12.0. The number of amides is 1. The lowest BCUT2D eigenvalue weighted by molar-refractivity contribution is 0.0781. The summed E-state index contributed by atoms with van der Waals surface area (Å²) in [5, 5.41) is 10.8. The van der Waals surface area contributed by atoms with Crippen molar-refractivity contribution in [2.45, 2.75) is 37.9 Å². The van der Waals surface area contributed by atoms with Gasteiger partial charge < -0.3 is 24.2 Å². The van der Waals surface area contributed by atoms with Crippen molar-refractivity contribution in [1.82, 2.24) is 14.5 Å². The summed E-state index contributed by atoms with van der Waals surface area (Å²) in [6, 6.07) is 15.1. The third-order valence-corrected chi connectivity index (χ3v) is 6.69. The van der Waals surface area contributed by atoms with Gasteiger partial charge in [0.1, 0.15) is 29.6 Å². The molecule has 188 valence electrons. The van der Waals surface area contributed by atoms with Gasteiger partial charge in [0.2, 0.25) is 5.88 Å². The molecule has 5 rings (SSSR count). The number of hydrogen-bond donors (Lipinski definition) is 1. The summed E-state index contributed by atoms with van der Waals surface area (Å²) in [4.78, 5) is 33.3. The Balaban J connectivity index is 1.57. The topological polar surface area (TPSA) is 103 Å². The monoisotopic (exact) mass is 491 g/mol. The summed E-state index contributed by atoms with van der Waals surface area (Å²) in [5.74, 6) is -0.116. The van der Waals surface area contributed by atoms with Crippen molar-refractivity contribution in [3.8, 4) is 23.1 Å². The van der Waals surface area contributed by atoms with Crippen LogP contribution in [0.5, 0.6) is 17.4 Å². The molecule has 36 heavy (non-hydrogen) atoms. The average Bonchev–Trinajstić information content (AvgIpc) is 3.60. The third kappa shape index (κ3) is 4.54. The van der Waals surface area contributed by atoms with Crippen molar-refractivity contribution in [1.29, 1.82) is 0 Å². The van der Waals surface area contributed by atoms with Gasteiger partial charge >= 0.3 is 0 Å². The molecule has 1 saturated carbocycles. The van der Waals surface area contributed by atoms with E-state index >= 15 is 0 Å². The van der Waals surface area contributed by atoms with Gasteiger partial charge in [0.25, 0.3) is 11.5 Å². The van der Waals surface area contributed by atoms with Crippen LogP contribution in [-0.2, 0) is 11.3 Å². The Morgan fingerprint density at radius 2 is 1.72 bits per heavy atom. The second-order valence-electron chi connectivity index (χ2n) is 9.04. The van der Waals surface area contributed by atoms with Crippen LogP contribution in [0.4, 0.5) is 0 Å². The Morgan fingerprint density at radius 3 is 2.36 bits per heavy atom. The van der Waals surface area contributed by atoms with Crippen molar-refractivity contribution in [3.63, 3.8) is 0 Å². The molecule has 2 aromatic carbocycles. The number of aromatic nitrogens is 2. The van der Waals surface area contributed by atoms with Crippen molar-refractivity contribution in [2.24, 2.45) is 0 Å². The highest BCUT2D eigenvalue weighted by molar-refractivity contribution is 5.96. The Morgan fingerprint density at radius 1 is 1.03 bits per heavy atom.